The second kappa shape index (κ2) is 9.82. The highest BCUT2D eigenvalue weighted by atomic mass is 32.2. The summed E-state index contributed by atoms with van der Waals surface area (Å²) in [5.41, 5.74) is 4.91. The first-order chi connectivity index (χ1) is 16.3. The SMILES string of the molecule is CCC(=O)N1c2c(C)cc(C)cc2-c2nnc(SCC(C)C)nc2O[C@@H]1c1ccccc1C#N. The molecule has 0 saturated carbocycles. The number of nitriles is 1. The van der Waals surface area contributed by atoms with Crippen molar-refractivity contribution in [1.82, 2.24) is 15.2 Å². The molecule has 4 rings (SSSR count). The molecule has 1 aromatic heterocycles. The molecule has 1 aliphatic rings. The lowest BCUT2D eigenvalue weighted by Crippen LogP contribution is -2.38. The summed E-state index contributed by atoms with van der Waals surface area (Å²) < 4.78 is 6.47. The van der Waals surface area contributed by atoms with Crippen molar-refractivity contribution in [3.63, 3.8) is 0 Å². The van der Waals surface area contributed by atoms with E-state index in [9.17, 15) is 10.1 Å². The summed E-state index contributed by atoms with van der Waals surface area (Å²) in [6, 6.07) is 13.4. The lowest BCUT2D eigenvalue weighted by molar-refractivity contribution is -0.120. The molecule has 1 atom stereocenters. The van der Waals surface area contributed by atoms with Gasteiger partial charge < -0.3 is 4.74 Å². The fraction of sp³-hybridized carbons (Fsp3) is 0.346. The highest BCUT2D eigenvalue weighted by Gasteiger charge is 2.37. The predicted molar refractivity (Wildman–Crippen MR) is 133 cm³/mol. The maximum absolute atomic E-state index is 13.4. The molecule has 0 fully saturated rings. The number of carbonyl (C=O) groups is 1. The van der Waals surface area contributed by atoms with Crippen molar-refractivity contribution in [2.75, 3.05) is 10.7 Å². The maximum Gasteiger partial charge on any atom is 0.247 e. The molecular formula is C26H27N5O2S. The highest BCUT2D eigenvalue weighted by Crippen LogP contribution is 2.46. The first kappa shape index (κ1) is 23.7. The Morgan fingerprint density at radius 2 is 2.00 bits per heavy atom. The highest BCUT2D eigenvalue weighted by molar-refractivity contribution is 7.99. The number of rotatable bonds is 5. The molecular weight excluding hydrogens is 446 g/mol. The van der Waals surface area contributed by atoms with Crippen LogP contribution < -0.4 is 9.64 Å². The second-order valence-electron chi connectivity index (χ2n) is 8.72. The number of nitrogens with zero attached hydrogens (tertiary/aromatic N) is 5. The van der Waals surface area contributed by atoms with Crippen molar-refractivity contribution >= 4 is 23.4 Å². The Kier molecular flexibility index (Phi) is 6.85. The minimum absolute atomic E-state index is 0.124. The van der Waals surface area contributed by atoms with Gasteiger partial charge >= 0.3 is 0 Å². The zero-order chi connectivity index (χ0) is 24.4. The zero-order valence-corrected chi connectivity index (χ0v) is 20.8. The van der Waals surface area contributed by atoms with Crippen molar-refractivity contribution in [3.8, 4) is 23.2 Å². The molecule has 0 saturated heterocycles. The molecule has 7 nitrogen and oxygen atoms in total. The van der Waals surface area contributed by atoms with Crippen molar-refractivity contribution < 1.29 is 9.53 Å². The van der Waals surface area contributed by atoms with Gasteiger partial charge in [0, 0.05) is 23.3 Å². The van der Waals surface area contributed by atoms with Gasteiger partial charge in [-0.1, -0.05) is 62.4 Å². The standard InChI is InChI=1S/C26H27N5O2S/c1-6-21(32)31-23-17(5)11-16(4)12-20(23)22-24(28-26(30-29-22)34-14-15(2)3)33-25(31)19-10-8-7-9-18(19)13-27/h7-12,15,25H,6,14H2,1-5H3/t25-/m1/s1. The van der Waals surface area contributed by atoms with E-state index in [1.165, 1.54) is 11.8 Å². The lowest BCUT2D eigenvalue weighted by Gasteiger charge is -2.32. The minimum atomic E-state index is -0.871. The lowest BCUT2D eigenvalue weighted by atomic mass is 9.99. The third-order valence-electron chi connectivity index (χ3n) is 5.50. The van der Waals surface area contributed by atoms with Crippen LogP contribution in [-0.4, -0.2) is 26.8 Å². The van der Waals surface area contributed by atoms with Crippen LogP contribution in [0.3, 0.4) is 0 Å². The number of hydrogen-bond acceptors (Lipinski definition) is 7. The number of ether oxygens (including phenoxy) is 1. The molecule has 34 heavy (non-hydrogen) atoms. The molecule has 0 N–H and O–H groups in total. The van der Waals surface area contributed by atoms with Gasteiger partial charge in [-0.05, 0) is 37.5 Å². The molecule has 0 unspecified atom stereocenters. The predicted octanol–water partition coefficient (Wildman–Crippen LogP) is 5.61. The summed E-state index contributed by atoms with van der Waals surface area (Å²) >= 11 is 1.51. The summed E-state index contributed by atoms with van der Waals surface area (Å²) in [5.74, 6) is 1.49. The Morgan fingerprint density at radius 3 is 2.71 bits per heavy atom. The van der Waals surface area contributed by atoms with Crippen LogP contribution in [0.1, 0.15) is 55.7 Å². The molecule has 0 radical (unpaired) electrons. The van der Waals surface area contributed by atoms with Crippen molar-refractivity contribution in [3.05, 3.63) is 58.7 Å². The molecule has 0 aliphatic carbocycles. The average molecular weight is 474 g/mol. The summed E-state index contributed by atoms with van der Waals surface area (Å²) in [6.45, 7) is 10.0. The summed E-state index contributed by atoms with van der Waals surface area (Å²) in [4.78, 5) is 19.7. The van der Waals surface area contributed by atoms with Crippen LogP contribution in [0.2, 0.25) is 0 Å². The van der Waals surface area contributed by atoms with Crippen LogP contribution in [-0.2, 0) is 4.79 Å². The number of carbonyl (C=O) groups excluding carboxylic acids is 1. The van der Waals surface area contributed by atoms with E-state index in [-0.39, 0.29) is 12.3 Å². The van der Waals surface area contributed by atoms with Crippen LogP contribution in [0.15, 0.2) is 41.6 Å². The summed E-state index contributed by atoms with van der Waals surface area (Å²) in [6.07, 6.45) is -0.601. The Hall–Kier alpha value is -3.44. The van der Waals surface area contributed by atoms with Gasteiger partial charge in [-0.2, -0.15) is 10.2 Å². The van der Waals surface area contributed by atoms with E-state index in [1.807, 2.05) is 45.0 Å². The number of benzene rings is 2. The second-order valence-corrected chi connectivity index (χ2v) is 9.70. The number of anilines is 1. The van der Waals surface area contributed by atoms with E-state index in [2.05, 4.69) is 30.1 Å². The molecule has 8 heteroatoms. The van der Waals surface area contributed by atoms with Crippen LogP contribution in [0.25, 0.3) is 11.3 Å². The number of thioether (sulfide) groups is 1. The van der Waals surface area contributed by atoms with E-state index in [0.717, 1.165) is 22.4 Å². The summed E-state index contributed by atoms with van der Waals surface area (Å²) in [7, 11) is 0. The van der Waals surface area contributed by atoms with Gasteiger partial charge in [-0.15, -0.1) is 10.2 Å². The first-order valence-corrected chi connectivity index (χ1v) is 12.3. The van der Waals surface area contributed by atoms with Gasteiger partial charge in [0.05, 0.1) is 17.3 Å². The van der Waals surface area contributed by atoms with Crippen LogP contribution in [0, 0.1) is 31.1 Å². The van der Waals surface area contributed by atoms with E-state index in [4.69, 9.17) is 9.72 Å². The van der Waals surface area contributed by atoms with Gasteiger partial charge in [-0.3, -0.25) is 9.69 Å². The number of aromatic nitrogens is 3. The molecule has 1 amide bonds. The fourth-order valence-corrected chi connectivity index (χ4v) is 4.76. The van der Waals surface area contributed by atoms with Crippen LogP contribution >= 0.6 is 11.8 Å². The Balaban J connectivity index is 1.99. The number of aryl methyl sites for hydroxylation is 2. The van der Waals surface area contributed by atoms with Gasteiger partial charge in [0.15, 0.2) is 5.69 Å². The first-order valence-electron chi connectivity index (χ1n) is 11.3. The number of amides is 1. The third-order valence-corrected chi connectivity index (χ3v) is 6.76. The molecule has 3 aromatic rings. The molecule has 2 aromatic carbocycles. The number of fused-ring (bicyclic) bond motifs is 3. The maximum atomic E-state index is 13.4. The zero-order valence-electron chi connectivity index (χ0n) is 20.0. The molecule has 2 heterocycles. The molecule has 0 bridgehead atoms. The fourth-order valence-electron chi connectivity index (χ4n) is 4.03. The molecule has 174 valence electrons. The summed E-state index contributed by atoms with van der Waals surface area (Å²) in [5, 5.41) is 19.2. The van der Waals surface area contributed by atoms with Crippen LogP contribution in [0.4, 0.5) is 5.69 Å². The topological polar surface area (TPSA) is 92.0 Å². The van der Waals surface area contributed by atoms with Crippen molar-refractivity contribution in [2.45, 2.75) is 52.4 Å². The minimum Gasteiger partial charge on any atom is -0.447 e. The average Bonchev–Trinajstić information content (AvgIpc) is 2.96. The quantitative estimate of drug-likeness (QED) is 0.445. The Labute approximate surface area is 204 Å². The number of hydrogen-bond donors (Lipinski definition) is 0. The van der Waals surface area contributed by atoms with E-state index >= 15 is 0 Å². The molecule has 0 spiro atoms. The Morgan fingerprint density at radius 1 is 1.24 bits per heavy atom. The molecule has 1 aliphatic heterocycles. The van der Waals surface area contributed by atoms with E-state index < -0.39 is 6.23 Å². The van der Waals surface area contributed by atoms with Gasteiger partial charge in [-0.25, -0.2) is 0 Å². The smallest absolute Gasteiger partial charge is 0.247 e. The normalized spacial score (nSPS) is 14.6. The third kappa shape index (κ3) is 4.48. The van der Waals surface area contributed by atoms with Gasteiger partial charge in [0.2, 0.25) is 23.2 Å². The largest absolute Gasteiger partial charge is 0.447 e. The van der Waals surface area contributed by atoms with Gasteiger partial charge in [0.1, 0.15) is 0 Å². The monoisotopic (exact) mass is 473 g/mol. The van der Waals surface area contributed by atoms with Crippen molar-refractivity contribution in [1.29, 1.82) is 5.26 Å². The van der Waals surface area contributed by atoms with E-state index in [1.54, 1.807) is 17.0 Å². The van der Waals surface area contributed by atoms with E-state index in [0.29, 0.717) is 39.5 Å². The van der Waals surface area contributed by atoms with Crippen molar-refractivity contribution in [2.24, 2.45) is 5.92 Å². The Bertz CT molecular complexity index is 1280. The van der Waals surface area contributed by atoms with Gasteiger partial charge in [0.25, 0.3) is 0 Å². The van der Waals surface area contributed by atoms with Crippen LogP contribution in [0.5, 0.6) is 5.88 Å².